The summed E-state index contributed by atoms with van der Waals surface area (Å²) in [6.45, 7) is 2.89. The maximum absolute atomic E-state index is 12.1. The summed E-state index contributed by atoms with van der Waals surface area (Å²) in [5.74, 6) is 0. The van der Waals surface area contributed by atoms with Crippen LogP contribution in [0.2, 0.25) is 0 Å². The first-order valence-corrected chi connectivity index (χ1v) is 6.79. The van der Waals surface area contributed by atoms with E-state index in [-0.39, 0.29) is 12.5 Å². The molecule has 0 aromatic carbocycles. The molecule has 1 aromatic rings. The van der Waals surface area contributed by atoms with E-state index in [2.05, 4.69) is 5.32 Å². The Kier molecular flexibility index (Phi) is 5.98. The van der Waals surface area contributed by atoms with Gasteiger partial charge in [-0.3, -0.25) is 0 Å². The van der Waals surface area contributed by atoms with Crippen molar-refractivity contribution in [1.82, 2.24) is 5.32 Å². The van der Waals surface area contributed by atoms with Crippen LogP contribution in [0.15, 0.2) is 16.8 Å². The van der Waals surface area contributed by atoms with Gasteiger partial charge < -0.3 is 5.32 Å². The van der Waals surface area contributed by atoms with Gasteiger partial charge in [0.25, 0.3) is 0 Å². The summed E-state index contributed by atoms with van der Waals surface area (Å²) in [6.07, 6.45) is -3.03. The summed E-state index contributed by atoms with van der Waals surface area (Å²) in [5, 5.41) is 7.26. The Balaban J connectivity index is 2.42. The van der Waals surface area contributed by atoms with Crippen molar-refractivity contribution in [3.8, 4) is 0 Å². The monoisotopic (exact) mass is 265 g/mol. The number of hydrogen-bond donors (Lipinski definition) is 1. The zero-order valence-corrected chi connectivity index (χ0v) is 10.7. The van der Waals surface area contributed by atoms with Crippen molar-refractivity contribution in [2.24, 2.45) is 0 Å². The van der Waals surface area contributed by atoms with Crippen LogP contribution in [0.5, 0.6) is 0 Å². The van der Waals surface area contributed by atoms with Gasteiger partial charge in [0, 0.05) is 12.5 Å². The van der Waals surface area contributed by atoms with Gasteiger partial charge in [-0.05, 0) is 48.2 Å². The standard InChI is InChI=1S/C12H18F3NS/c1-2-7-16-11(10-5-8-17-9-10)4-3-6-12(13,14)15/h5,8-9,11,16H,2-4,6-7H2,1H3. The van der Waals surface area contributed by atoms with Gasteiger partial charge in [0.05, 0.1) is 0 Å². The molecule has 0 fully saturated rings. The zero-order chi connectivity index (χ0) is 12.7. The second-order valence-electron chi connectivity index (χ2n) is 4.07. The Labute approximate surface area is 104 Å². The predicted octanol–water partition coefficient (Wildman–Crippen LogP) is 4.52. The summed E-state index contributed by atoms with van der Waals surface area (Å²) in [7, 11) is 0. The van der Waals surface area contributed by atoms with Gasteiger partial charge in [0.1, 0.15) is 0 Å². The molecule has 0 amide bonds. The number of rotatable bonds is 7. The first kappa shape index (κ1) is 14.5. The van der Waals surface area contributed by atoms with Crippen molar-refractivity contribution < 1.29 is 13.2 Å². The lowest BCUT2D eigenvalue weighted by atomic mass is 10.0. The number of nitrogens with one attached hydrogen (secondary N) is 1. The molecule has 0 saturated heterocycles. The number of hydrogen-bond acceptors (Lipinski definition) is 2. The van der Waals surface area contributed by atoms with E-state index < -0.39 is 12.6 Å². The Morgan fingerprint density at radius 1 is 1.41 bits per heavy atom. The highest BCUT2D eigenvalue weighted by Gasteiger charge is 2.26. The molecular weight excluding hydrogens is 247 g/mol. The molecule has 17 heavy (non-hydrogen) atoms. The number of thiophene rings is 1. The maximum Gasteiger partial charge on any atom is 0.389 e. The highest BCUT2D eigenvalue weighted by molar-refractivity contribution is 7.07. The van der Waals surface area contributed by atoms with Crippen molar-refractivity contribution in [1.29, 1.82) is 0 Å². The molecule has 0 saturated carbocycles. The summed E-state index contributed by atoms with van der Waals surface area (Å²) in [6, 6.07) is 2.04. The average molecular weight is 265 g/mol. The van der Waals surface area contributed by atoms with Crippen LogP contribution in [-0.2, 0) is 0 Å². The smallest absolute Gasteiger partial charge is 0.310 e. The first-order valence-electron chi connectivity index (χ1n) is 5.85. The molecule has 1 nitrogen and oxygen atoms in total. The topological polar surface area (TPSA) is 12.0 Å². The van der Waals surface area contributed by atoms with E-state index in [9.17, 15) is 13.2 Å². The highest BCUT2D eigenvalue weighted by atomic mass is 32.1. The van der Waals surface area contributed by atoms with Crippen LogP contribution in [0, 0.1) is 0 Å². The second kappa shape index (κ2) is 7.01. The Morgan fingerprint density at radius 3 is 2.71 bits per heavy atom. The minimum absolute atomic E-state index is 0.0588. The normalized spacial score (nSPS) is 13.9. The quantitative estimate of drug-likeness (QED) is 0.764. The molecule has 1 N–H and O–H groups in total. The Bertz CT molecular complexity index is 295. The minimum atomic E-state index is -4.04. The predicted molar refractivity (Wildman–Crippen MR) is 65.3 cm³/mol. The van der Waals surface area contributed by atoms with Crippen LogP contribution >= 0.6 is 11.3 Å². The van der Waals surface area contributed by atoms with Crippen molar-refractivity contribution in [3.63, 3.8) is 0 Å². The molecule has 1 rings (SSSR count). The molecule has 0 bridgehead atoms. The average Bonchev–Trinajstić information content (AvgIpc) is 2.74. The van der Waals surface area contributed by atoms with Crippen molar-refractivity contribution in [2.45, 2.75) is 44.8 Å². The van der Waals surface area contributed by atoms with Crippen LogP contribution in [0.4, 0.5) is 13.2 Å². The van der Waals surface area contributed by atoms with E-state index in [0.29, 0.717) is 6.42 Å². The second-order valence-corrected chi connectivity index (χ2v) is 4.85. The van der Waals surface area contributed by atoms with Gasteiger partial charge in [-0.1, -0.05) is 6.92 Å². The van der Waals surface area contributed by atoms with Gasteiger partial charge in [0.2, 0.25) is 0 Å². The van der Waals surface area contributed by atoms with E-state index in [4.69, 9.17) is 0 Å². The fourth-order valence-electron chi connectivity index (χ4n) is 1.69. The molecule has 0 aliphatic rings. The van der Waals surface area contributed by atoms with Gasteiger partial charge in [-0.25, -0.2) is 0 Å². The fourth-order valence-corrected chi connectivity index (χ4v) is 2.40. The largest absolute Gasteiger partial charge is 0.389 e. The fraction of sp³-hybridized carbons (Fsp3) is 0.667. The molecule has 0 aliphatic heterocycles. The minimum Gasteiger partial charge on any atom is -0.310 e. The van der Waals surface area contributed by atoms with Crippen molar-refractivity contribution in [2.75, 3.05) is 6.54 Å². The number of alkyl halides is 3. The molecular formula is C12H18F3NS. The van der Waals surface area contributed by atoms with Crippen molar-refractivity contribution in [3.05, 3.63) is 22.4 Å². The molecule has 0 radical (unpaired) electrons. The Hall–Kier alpha value is -0.550. The summed E-state index contributed by atoms with van der Waals surface area (Å²) < 4.78 is 36.2. The third-order valence-corrected chi connectivity index (χ3v) is 3.24. The van der Waals surface area contributed by atoms with Gasteiger partial charge in [-0.15, -0.1) is 0 Å². The van der Waals surface area contributed by atoms with Crippen LogP contribution in [-0.4, -0.2) is 12.7 Å². The first-order chi connectivity index (χ1) is 8.03. The molecule has 1 heterocycles. The van der Waals surface area contributed by atoms with Gasteiger partial charge >= 0.3 is 6.18 Å². The van der Waals surface area contributed by atoms with Crippen LogP contribution in [0.3, 0.4) is 0 Å². The Morgan fingerprint density at radius 2 is 2.18 bits per heavy atom. The molecule has 1 aromatic heterocycles. The lowest BCUT2D eigenvalue weighted by Gasteiger charge is -2.18. The third kappa shape index (κ3) is 6.07. The third-order valence-electron chi connectivity index (χ3n) is 2.54. The zero-order valence-electron chi connectivity index (χ0n) is 9.89. The van der Waals surface area contributed by atoms with E-state index in [1.807, 2.05) is 23.8 Å². The van der Waals surface area contributed by atoms with E-state index >= 15 is 0 Å². The molecule has 5 heteroatoms. The van der Waals surface area contributed by atoms with Gasteiger partial charge in [-0.2, -0.15) is 24.5 Å². The molecule has 98 valence electrons. The van der Waals surface area contributed by atoms with Gasteiger partial charge in [0.15, 0.2) is 0 Å². The van der Waals surface area contributed by atoms with Crippen LogP contribution in [0.1, 0.15) is 44.2 Å². The maximum atomic E-state index is 12.1. The lowest BCUT2D eigenvalue weighted by Crippen LogP contribution is -2.22. The molecule has 0 aliphatic carbocycles. The molecule has 1 unspecified atom stereocenters. The van der Waals surface area contributed by atoms with Crippen molar-refractivity contribution >= 4 is 11.3 Å². The molecule has 1 atom stereocenters. The van der Waals surface area contributed by atoms with Crippen LogP contribution in [0.25, 0.3) is 0 Å². The molecule has 0 spiro atoms. The SMILES string of the molecule is CCCNC(CCCC(F)(F)F)c1ccsc1. The van der Waals surface area contributed by atoms with E-state index in [1.165, 1.54) is 0 Å². The van der Waals surface area contributed by atoms with Crippen LogP contribution < -0.4 is 5.32 Å². The number of halogens is 3. The summed E-state index contributed by atoms with van der Waals surface area (Å²) in [5.41, 5.74) is 1.10. The lowest BCUT2D eigenvalue weighted by molar-refractivity contribution is -0.135. The highest BCUT2D eigenvalue weighted by Crippen LogP contribution is 2.27. The summed E-state index contributed by atoms with van der Waals surface area (Å²) in [4.78, 5) is 0. The van der Waals surface area contributed by atoms with E-state index in [0.717, 1.165) is 18.5 Å². The van der Waals surface area contributed by atoms with E-state index in [1.54, 1.807) is 11.3 Å². The summed E-state index contributed by atoms with van der Waals surface area (Å²) >= 11 is 1.58.